The number of likely N-dealkylation sites (N-methyl/N-ethyl adjacent to an activating group) is 1. The summed E-state index contributed by atoms with van der Waals surface area (Å²) in [5, 5.41) is 3.29. The largest absolute Gasteiger partial charge is 0.341 e. The van der Waals surface area contributed by atoms with Gasteiger partial charge in [-0.25, -0.2) is 0 Å². The summed E-state index contributed by atoms with van der Waals surface area (Å²) in [6.07, 6.45) is 7.12. The second-order valence-corrected chi connectivity index (χ2v) is 4.89. The van der Waals surface area contributed by atoms with Gasteiger partial charge in [0.05, 0.1) is 0 Å². The molecule has 0 bridgehead atoms. The van der Waals surface area contributed by atoms with Gasteiger partial charge in [-0.15, -0.1) is 12.4 Å². The molecule has 0 aromatic heterocycles. The smallest absolute Gasteiger partial charge is 0.225 e. The maximum absolute atomic E-state index is 12.2. The van der Waals surface area contributed by atoms with Gasteiger partial charge in [0.15, 0.2) is 0 Å². The van der Waals surface area contributed by atoms with Crippen LogP contribution >= 0.6 is 12.4 Å². The van der Waals surface area contributed by atoms with Gasteiger partial charge in [0.25, 0.3) is 0 Å². The number of nitrogens with zero attached hydrogens (tertiary/aromatic N) is 1. The second-order valence-electron chi connectivity index (χ2n) is 4.89. The number of rotatable bonds is 2. The van der Waals surface area contributed by atoms with Crippen molar-refractivity contribution < 1.29 is 4.79 Å². The van der Waals surface area contributed by atoms with Crippen molar-refractivity contribution in [1.82, 2.24) is 10.2 Å². The van der Waals surface area contributed by atoms with E-state index in [1.54, 1.807) is 0 Å². The molecule has 1 amide bonds. The van der Waals surface area contributed by atoms with Gasteiger partial charge in [-0.2, -0.15) is 0 Å². The fraction of sp³-hybridized carbons (Fsp3) is 0.917. The van der Waals surface area contributed by atoms with Crippen molar-refractivity contribution in [3.8, 4) is 0 Å². The molecule has 1 aliphatic carbocycles. The predicted molar refractivity (Wildman–Crippen MR) is 67.9 cm³/mol. The topological polar surface area (TPSA) is 32.3 Å². The first-order valence-corrected chi connectivity index (χ1v) is 6.27. The van der Waals surface area contributed by atoms with Gasteiger partial charge in [0.1, 0.15) is 0 Å². The molecule has 4 heteroatoms. The van der Waals surface area contributed by atoms with E-state index in [4.69, 9.17) is 0 Å². The first-order chi connectivity index (χ1) is 7.31. The standard InChI is InChI=1S/C12H22N2O.ClH/c1-13-11-7-4-8-14(9-11)12(15)10-5-2-3-6-10;/h10-11,13H,2-9H2,1H3;1H/t11-;/m0./s1. The molecule has 1 heterocycles. The lowest BCUT2D eigenvalue weighted by Crippen LogP contribution is -2.48. The molecule has 1 atom stereocenters. The molecule has 16 heavy (non-hydrogen) atoms. The Balaban J connectivity index is 0.00000128. The SMILES string of the molecule is CN[C@H]1CCCN(C(=O)C2CCCC2)C1.Cl. The van der Waals surface area contributed by atoms with E-state index in [1.807, 2.05) is 7.05 Å². The van der Waals surface area contributed by atoms with Crippen LogP contribution in [0.5, 0.6) is 0 Å². The van der Waals surface area contributed by atoms with Crippen LogP contribution < -0.4 is 5.32 Å². The van der Waals surface area contributed by atoms with E-state index in [0.29, 0.717) is 17.9 Å². The average Bonchev–Trinajstić information content (AvgIpc) is 2.81. The highest BCUT2D eigenvalue weighted by Crippen LogP contribution is 2.27. The number of likely N-dealkylation sites (tertiary alicyclic amines) is 1. The van der Waals surface area contributed by atoms with Gasteiger partial charge >= 0.3 is 0 Å². The zero-order valence-corrected chi connectivity index (χ0v) is 10.9. The lowest BCUT2D eigenvalue weighted by atomic mass is 10.0. The molecule has 0 radical (unpaired) electrons. The Labute approximate surface area is 104 Å². The molecule has 1 aliphatic heterocycles. The fourth-order valence-corrected chi connectivity index (χ4v) is 2.84. The quantitative estimate of drug-likeness (QED) is 0.806. The zero-order valence-electron chi connectivity index (χ0n) is 10.1. The Morgan fingerprint density at radius 3 is 2.50 bits per heavy atom. The first kappa shape index (κ1) is 13.8. The van der Waals surface area contributed by atoms with Crippen LogP contribution in [0.1, 0.15) is 38.5 Å². The molecule has 2 fully saturated rings. The van der Waals surface area contributed by atoms with Gasteiger partial charge in [0, 0.05) is 25.0 Å². The lowest BCUT2D eigenvalue weighted by molar-refractivity contribution is -0.136. The van der Waals surface area contributed by atoms with Crippen molar-refractivity contribution in [2.45, 2.75) is 44.6 Å². The van der Waals surface area contributed by atoms with E-state index in [0.717, 1.165) is 32.4 Å². The molecule has 1 saturated carbocycles. The van der Waals surface area contributed by atoms with Gasteiger partial charge in [-0.1, -0.05) is 12.8 Å². The minimum Gasteiger partial charge on any atom is -0.341 e. The maximum atomic E-state index is 12.2. The van der Waals surface area contributed by atoms with E-state index in [-0.39, 0.29) is 12.4 Å². The van der Waals surface area contributed by atoms with Crippen molar-refractivity contribution in [1.29, 1.82) is 0 Å². The summed E-state index contributed by atoms with van der Waals surface area (Å²) in [7, 11) is 1.99. The van der Waals surface area contributed by atoms with E-state index in [1.165, 1.54) is 19.3 Å². The summed E-state index contributed by atoms with van der Waals surface area (Å²) in [5.41, 5.74) is 0. The molecule has 0 aromatic carbocycles. The van der Waals surface area contributed by atoms with E-state index in [2.05, 4.69) is 10.2 Å². The Hall–Kier alpha value is -0.280. The fourth-order valence-electron chi connectivity index (χ4n) is 2.84. The number of halogens is 1. The molecule has 1 N–H and O–H groups in total. The number of hydrogen-bond acceptors (Lipinski definition) is 2. The highest BCUT2D eigenvalue weighted by Gasteiger charge is 2.29. The minimum absolute atomic E-state index is 0. The lowest BCUT2D eigenvalue weighted by Gasteiger charge is -2.34. The van der Waals surface area contributed by atoms with Crippen LogP contribution in [-0.2, 0) is 4.79 Å². The van der Waals surface area contributed by atoms with Crippen LogP contribution in [0.4, 0.5) is 0 Å². The van der Waals surface area contributed by atoms with Gasteiger partial charge < -0.3 is 10.2 Å². The van der Waals surface area contributed by atoms with Crippen molar-refractivity contribution in [2.75, 3.05) is 20.1 Å². The number of carbonyl (C=O) groups excluding carboxylic acids is 1. The van der Waals surface area contributed by atoms with Crippen LogP contribution in [-0.4, -0.2) is 37.0 Å². The normalized spacial score (nSPS) is 26.6. The third kappa shape index (κ3) is 3.11. The highest BCUT2D eigenvalue weighted by molar-refractivity contribution is 5.85. The minimum atomic E-state index is 0. The number of carbonyl (C=O) groups is 1. The maximum Gasteiger partial charge on any atom is 0.225 e. The molecular weight excluding hydrogens is 224 g/mol. The molecule has 0 aromatic rings. The Bertz CT molecular complexity index is 229. The van der Waals surface area contributed by atoms with Crippen molar-refractivity contribution in [2.24, 2.45) is 5.92 Å². The van der Waals surface area contributed by atoms with Crippen molar-refractivity contribution in [3.05, 3.63) is 0 Å². The van der Waals surface area contributed by atoms with Crippen LogP contribution in [0, 0.1) is 5.92 Å². The average molecular weight is 247 g/mol. The van der Waals surface area contributed by atoms with E-state index >= 15 is 0 Å². The Kier molecular flexibility index (Phi) is 5.56. The number of hydrogen-bond donors (Lipinski definition) is 1. The summed E-state index contributed by atoms with van der Waals surface area (Å²) in [4.78, 5) is 14.2. The molecule has 94 valence electrons. The third-order valence-electron chi connectivity index (χ3n) is 3.85. The van der Waals surface area contributed by atoms with Crippen LogP contribution in [0.3, 0.4) is 0 Å². The van der Waals surface area contributed by atoms with Crippen molar-refractivity contribution >= 4 is 18.3 Å². The molecule has 2 aliphatic rings. The second kappa shape index (κ2) is 6.45. The summed E-state index contributed by atoms with van der Waals surface area (Å²) < 4.78 is 0. The van der Waals surface area contributed by atoms with E-state index in [9.17, 15) is 4.79 Å². The van der Waals surface area contributed by atoms with Gasteiger partial charge in [-0.05, 0) is 32.7 Å². The summed E-state index contributed by atoms with van der Waals surface area (Å²) >= 11 is 0. The van der Waals surface area contributed by atoms with Gasteiger partial charge in [-0.3, -0.25) is 4.79 Å². The van der Waals surface area contributed by atoms with Crippen LogP contribution in [0.2, 0.25) is 0 Å². The monoisotopic (exact) mass is 246 g/mol. The highest BCUT2D eigenvalue weighted by atomic mass is 35.5. The molecule has 0 spiro atoms. The zero-order chi connectivity index (χ0) is 10.7. The first-order valence-electron chi connectivity index (χ1n) is 6.27. The summed E-state index contributed by atoms with van der Waals surface area (Å²) in [6.45, 7) is 1.90. The Morgan fingerprint density at radius 2 is 1.88 bits per heavy atom. The number of nitrogens with one attached hydrogen (secondary N) is 1. The van der Waals surface area contributed by atoms with E-state index < -0.39 is 0 Å². The molecular formula is C12H23ClN2O. The molecule has 0 unspecified atom stereocenters. The molecule has 3 nitrogen and oxygen atoms in total. The molecule has 1 saturated heterocycles. The Morgan fingerprint density at radius 1 is 1.19 bits per heavy atom. The molecule has 2 rings (SSSR count). The summed E-state index contributed by atoms with van der Waals surface area (Å²) in [5.74, 6) is 0.771. The van der Waals surface area contributed by atoms with Crippen LogP contribution in [0.25, 0.3) is 0 Å². The summed E-state index contributed by atoms with van der Waals surface area (Å²) in [6, 6.07) is 0.518. The van der Waals surface area contributed by atoms with Crippen molar-refractivity contribution in [3.63, 3.8) is 0 Å². The third-order valence-corrected chi connectivity index (χ3v) is 3.85. The van der Waals surface area contributed by atoms with Crippen LogP contribution in [0.15, 0.2) is 0 Å². The predicted octanol–water partition coefficient (Wildman–Crippen LogP) is 1.81. The van der Waals surface area contributed by atoms with Gasteiger partial charge in [0.2, 0.25) is 5.91 Å². The number of amides is 1. The number of piperidine rings is 1.